The minimum atomic E-state index is -5.82. The summed E-state index contributed by atoms with van der Waals surface area (Å²) in [5.74, 6) is -9.12. The van der Waals surface area contributed by atoms with Crippen molar-refractivity contribution in [3.63, 3.8) is 0 Å². The first-order chi connectivity index (χ1) is 48.5. The summed E-state index contributed by atoms with van der Waals surface area (Å²) in [6.07, 6.45) is -6.42. The summed E-state index contributed by atoms with van der Waals surface area (Å²) >= 11 is 0. The van der Waals surface area contributed by atoms with E-state index in [2.05, 4.69) is 56.2 Å². The molecular weight excluding hydrogens is 1480 g/mol. The summed E-state index contributed by atoms with van der Waals surface area (Å²) in [4.78, 5) is 194. The van der Waals surface area contributed by atoms with Gasteiger partial charge in [0, 0.05) is 49.4 Å². The highest BCUT2D eigenvalue weighted by atomic mass is 33.1. The van der Waals surface area contributed by atoms with Crippen molar-refractivity contribution in [2.45, 2.75) is 119 Å². The quantitative estimate of drug-likeness (QED) is 0.0118. The number of aliphatic carboxylic acids is 5. The van der Waals surface area contributed by atoms with Gasteiger partial charge in [0.2, 0.25) is 35.4 Å². The van der Waals surface area contributed by atoms with Gasteiger partial charge in [-0.2, -0.15) is 8.62 Å². The van der Waals surface area contributed by atoms with E-state index in [1.54, 1.807) is 5.32 Å². The first kappa shape index (κ1) is 82.8. The molecule has 10 unspecified atom stereocenters. The number of phosphoric acid groups is 3. The van der Waals surface area contributed by atoms with Gasteiger partial charge in [0.05, 0.1) is 55.9 Å². The SMILES string of the molecule is Nc1ncnc2c1c(C#CCNC(=O)CCSSCC(NC(=O)OCC1c3ccccc3-c3ccccc31)C(=O)NCCCCCC(=O)NC(CC(=O)NC(CC(=O)NC(CC(=O)NC(CC(=O)O)C(=O)O)C(=O)O)C(=O)O)C(=O)O)cn2C1CC(O)C(COP(=O)(O)OP(=O)(O)OP(=O)(O)O)O1. The Labute approximate surface area is 589 Å². The third-order valence-electron chi connectivity index (χ3n) is 14.7. The number of carboxylic acids is 5. The van der Waals surface area contributed by atoms with Crippen LogP contribution in [-0.2, 0) is 89.1 Å². The number of unbranched alkanes of at least 4 members (excludes halogenated alkanes) is 2. The Balaban J connectivity index is 0.961. The maximum atomic E-state index is 13.7. The molecule has 41 nitrogen and oxygen atoms in total. The summed E-state index contributed by atoms with van der Waals surface area (Å²) in [5.41, 5.74) is 10.4. The van der Waals surface area contributed by atoms with Crippen LogP contribution in [-0.4, -0.2) is 216 Å². The zero-order valence-corrected chi connectivity index (χ0v) is 57.8. The van der Waals surface area contributed by atoms with E-state index in [1.165, 1.54) is 21.6 Å². The molecule has 560 valence electrons. The fourth-order valence-electron chi connectivity index (χ4n) is 10.1. The van der Waals surface area contributed by atoms with Gasteiger partial charge in [-0.3, -0.25) is 38.1 Å². The summed E-state index contributed by atoms with van der Waals surface area (Å²) in [6.45, 7) is -1.16. The number of rotatable bonds is 41. The smallest absolute Gasteiger partial charge is 0.481 e. The predicted molar refractivity (Wildman–Crippen MR) is 354 cm³/mol. The number of aromatic nitrogens is 3. The third-order valence-corrected chi connectivity index (χ3v) is 20.9. The highest BCUT2D eigenvalue weighted by Crippen LogP contribution is 2.66. The number of nitrogens with two attached hydrogens (primary N) is 1. The highest BCUT2D eigenvalue weighted by molar-refractivity contribution is 8.76. The van der Waals surface area contributed by atoms with Crippen LogP contribution >= 0.6 is 45.1 Å². The van der Waals surface area contributed by atoms with E-state index in [0.717, 1.165) is 39.4 Å². The molecule has 0 bridgehead atoms. The topological polar surface area (TPSA) is 645 Å². The van der Waals surface area contributed by atoms with Gasteiger partial charge in [0.1, 0.15) is 66.9 Å². The molecule has 1 aliphatic heterocycles. The summed E-state index contributed by atoms with van der Waals surface area (Å²) in [7, 11) is -14.7. The molecule has 1 saturated heterocycles. The number of carboxylic acid groups (broad SMARTS) is 5. The Morgan fingerprint density at radius 1 is 0.641 bits per heavy atom. The number of alkyl carbamates (subject to hydrolysis) is 1. The molecule has 2 aromatic heterocycles. The molecule has 2 aliphatic rings. The van der Waals surface area contributed by atoms with Gasteiger partial charge in [-0.05, 0) is 35.1 Å². The Morgan fingerprint density at radius 2 is 1.19 bits per heavy atom. The zero-order valence-electron chi connectivity index (χ0n) is 53.5. The second kappa shape index (κ2) is 38.4. The van der Waals surface area contributed by atoms with Crippen LogP contribution in [0.2, 0.25) is 0 Å². The van der Waals surface area contributed by atoms with Gasteiger partial charge in [-0.25, -0.2) is 47.6 Å². The number of nitrogen functional groups attached to an aromatic ring is 1. The van der Waals surface area contributed by atoms with Crippen LogP contribution < -0.4 is 43.0 Å². The van der Waals surface area contributed by atoms with Crippen LogP contribution in [0.1, 0.15) is 93.0 Å². The fraction of sp³-hybridized carbons (Fsp3) is 0.439. The molecule has 7 amide bonds. The van der Waals surface area contributed by atoms with Crippen LogP contribution in [0.15, 0.2) is 61.1 Å². The number of phosphoric ester groups is 1. The molecule has 0 spiro atoms. The zero-order chi connectivity index (χ0) is 75.9. The molecule has 10 atom stereocenters. The van der Waals surface area contributed by atoms with Crippen molar-refractivity contribution in [1.29, 1.82) is 0 Å². The van der Waals surface area contributed by atoms with Crippen molar-refractivity contribution >= 4 is 133 Å². The standard InChI is InChI=1S/C57H70N11O30P3S2/c58-50-49-29(24-68(51(49)62-28-61-50)47-23-40(69)41(96-47)26-95-100(90,91)98-101(92,93)97-99(87,88)89)9-8-17-59-42(70)15-18-102-103-27-39(67-57(86)94-25-34-32-12-5-3-10-30(32)31-11-4-6-13-33(31)34)52(77)60-16-7-1-2-14-43(71)63-35(53(78)79)19-44(72)64-36(54(80)81)20-45(73)65-37(55(82)83)21-46(74)66-38(56(84)85)22-48(75)76/h3-6,10-13,24,28,34-41,47,69H,1-2,7,14-23,25-27H2,(H,59,70)(H,60,77)(H,63,71)(H,64,72)(H,65,73)(H,66,74)(H,67,86)(H,75,76)(H,78,79)(H,80,81)(H,82,83)(H,84,85)(H,90,91)(H,92,93)(H2,58,61,62)(H2,87,88,89). The van der Waals surface area contributed by atoms with Crippen molar-refractivity contribution in [2.75, 3.05) is 43.5 Å². The first-order valence-corrected chi connectivity index (χ1v) is 37.4. The highest BCUT2D eigenvalue weighted by Gasteiger charge is 2.44. The lowest BCUT2D eigenvalue weighted by Gasteiger charge is -2.20. The number of hydrogen-bond donors (Lipinski definition) is 18. The average molecular weight is 1550 g/mol. The molecule has 2 aromatic carbocycles. The van der Waals surface area contributed by atoms with Crippen molar-refractivity contribution in [1.82, 2.24) is 51.8 Å². The lowest BCUT2D eigenvalue weighted by Crippen LogP contribution is -2.51. The van der Waals surface area contributed by atoms with E-state index in [4.69, 9.17) is 35.2 Å². The molecular formula is C57H70N11O30P3S2. The summed E-state index contributed by atoms with van der Waals surface area (Å²) < 4.78 is 60.0. The molecule has 0 radical (unpaired) electrons. The van der Waals surface area contributed by atoms with E-state index >= 15 is 0 Å². The number of nitrogens with zero attached hydrogens (tertiary/aromatic N) is 3. The van der Waals surface area contributed by atoms with Gasteiger partial charge in [-0.1, -0.05) is 88.4 Å². The number of benzene rings is 2. The second-order valence-corrected chi connectivity index (χ2v) is 29.4. The van der Waals surface area contributed by atoms with Crippen molar-refractivity contribution in [2.24, 2.45) is 0 Å². The number of amides is 7. The number of ether oxygens (including phenoxy) is 2. The monoisotopic (exact) mass is 1550 g/mol. The molecule has 1 fully saturated rings. The molecule has 46 heteroatoms. The van der Waals surface area contributed by atoms with E-state index in [9.17, 15) is 101 Å². The van der Waals surface area contributed by atoms with Crippen molar-refractivity contribution in [3.05, 3.63) is 77.7 Å². The Bertz CT molecular complexity index is 4010. The average Bonchev–Trinajstić information content (AvgIpc) is 1.62. The predicted octanol–water partition coefficient (Wildman–Crippen LogP) is -0.249. The number of aliphatic hydroxyl groups is 1. The Morgan fingerprint density at radius 3 is 1.75 bits per heavy atom. The number of carbonyl (C=O) groups is 12. The summed E-state index contributed by atoms with van der Waals surface area (Å²) in [5, 5.41) is 73.5. The maximum absolute atomic E-state index is 13.7. The molecule has 4 aromatic rings. The van der Waals surface area contributed by atoms with Crippen LogP contribution in [0.3, 0.4) is 0 Å². The number of hydrogen-bond acceptors (Lipinski definition) is 26. The van der Waals surface area contributed by atoms with Crippen LogP contribution in [0.25, 0.3) is 22.2 Å². The second-order valence-electron chi connectivity index (χ2n) is 22.3. The minimum Gasteiger partial charge on any atom is -0.481 e. The van der Waals surface area contributed by atoms with Crippen LogP contribution in [0.4, 0.5) is 10.6 Å². The molecule has 6 rings (SSSR count). The summed E-state index contributed by atoms with van der Waals surface area (Å²) in [6, 6.07) is 6.01. The van der Waals surface area contributed by atoms with Crippen molar-refractivity contribution in [3.8, 4) is 23.0 Å². The van der Waals surface area contributed by atoms with Gasteiger partial charge in [0.25, 0.3) is 0 Å². The maximum Gasteiger partial charge on any atom is 0.490 e. The molecule has 0 saturated carbocycles. The normalized spacial score (nSPS) is 17.3. The van der Waals surface area contributed by atoms with E-state index in [0.29, 0.717) is 0 Å². The molecule has 19 N–H and O–H groups in total. The number of aliphatic hydroxyl groups excluding tert-OH is 1. The molecule has 1 aliphatic carbocycles. The Kier molecular flexibility index (Phi) is 30.9. The lowest BCUT2D eigenvalue weighted by atomic mass is 9.98. The van der Waals surface area contributed by atoms with Gasteiger partial charge in [-0.15, -0.1) is 0 Å². The van der Waals surface area contributed by atoms with Crippen LogP contribution in [0.5, 0.6) is 0 Å². The Hall–Kier alpha value is -9.11. The number of fused-ring (bicyclic) bond motifs is 4. The number of carbonyl (C=O) groups excluding carboxylic acids is 7. The first-order valence-electron chi connectivity index (χ1n) is 30.4. The molecule has 103 heavy (non-hydrogen) atoms. The fourth-order valence-corrected chi connectivity index (χ4v) is 15.2. The number of anilines is 1. The largest absolute Gasteiger partial charge is 0.490 e. The van der Waals surface area contributed by atoms with Crippen molar-refractivity contribution < 1.29 is 144 Å². The van der Waals surface area contributed by atoms with Gasteiger partial charge in [0.15, 0.2) is 0 Å². The molecule has 3 heterocycles. The number of nitrogens with one attached hydrogen (secondary N) is 7. The van der Waals surface area contributed by atoms with E-state index < -0.39 is 176 Å². The van der Waals surface area contributed by atoms with Gasteiger partial charge < -0.3 is 107 Å². The minimum absolute atomic E-state index is 0.0152. The van der Waals surface area contributed by atoms with E-state index in [1.807, 2.05) is 59.2 Å². The van der Waals surface area contributed by atoms with Gasteiger partial charge >= 0.3 is 59.4 Å². The van der Waals surface area contributed by atoms with Crippen LogP contribution in [0, 0.1) is 11.8 Å². The third kappa shape index (κ3) is 26.6. The lowest BCUT2D eigenvalue weighted by molar-refractivity contribution is -0.148. The van der Waals surface area contributed by atoms with E-state index in [-0.39, 0.29) is 98.1 Å².